The highest BCUT2D eigenvalue weighted by Crippen LogP contribution is 2.25. The van der Waals surface area contributed by atoms with Crippen LogP contribution in [0.1, 0.15) is 18.7 Å². The van der Waals surface area contributed by atoms with Gasteiger partial charge in [-0.05, 0) is 31.2 Å². The van der Waals surface area contributed by atoms with Crippen molar-refractivity contribution in [2.45, 2.75) is 13.0 Å². The van der Waals surface area contributed by atoms with Crippen molar-refractivity contribution >= 4 is 28.9 Å². The van der Waals surface area contributed by atoms with E-state index in [0.717, 1.165) is 11.4 Å². The standard InChI is InChI=1S/C12H13Cl2N3/c1-8(12-3-4-15-17(12)2)16-11-6-9(13)5-10(14)7-11/h3-8,16H,1-2H3. The van der Waals surface area contributed by atoms with Gasteiger partial charge < -0.3 is 5.32 Å². The average Bonchev–Trinajstić information content (AvgIpc) is 2.62. The summed E-state index contributed by atoms with van der Waals surface area (Å²) < 4.78 is 1.84. The van der Waals surface area contributed by atoms with Crippen LogP contribution >= 0.6 is 23.2 Å². The first-order valence-corrected chi connectivity index (χ1v) is 6.02. The number of aromatic nitrogens is 2. The predicted octanol–water partition coefficient (Wildman–Crippen LogP) is 3.90. The van der Waals surface area contributed by atoms with E-state index in [1.165, 1.54) is 0 Å². The maximum atomic E-state index is 5.95. The summed E-state index contributed by atoms with van der Waals surface area (Å²) in [6, 6.07) is 7.52. The molecule has 2 aromatic rings. The molecule has 0 saturated heterocycles. The Kier molecular flexibility index (Phi) is 3.60. The number of rotatable bonds is 3. The molecular weight excluding hydrogens is 257 g/mol. The lowest BCUT2D eigenvalue weighted by Crippen LogP contribution is -2.11. The van der Waals surface area contributed by atoms with Crippen molar-refractivity contribution in [3.63, 3.8) is 0 Å². The van der Waals surface area contributed by atoms with Crippen LogP contribution in [0.4, 0.5) is 5.69 Å². The monoisotopic (exact) mass is 269 g/mol. The fourth-order valence-electron chi connectivity index (χ4n) is 1.77. The van der Waals surface area contributed by atoms with Gasteiger partial charge in [0.1, 0.15) is 0 Å². The molecule has 0 spiro atoms. The zero-order chi connectivity index (χ0) is 12.4. The molecule has 0 saturated carbocycles. The maximum Gasteiger partial charge on any atom is 0.0653 e. The summed E-state index contributed by atoms with van der Waals surface area (Å²) in [5.74, 6) is 0. The van der Waals surface area contributed by atoms with Crippen LogP contribution in [0.2, 0.25) is 10.0 Å². The molecule has 1 aromatic carbocycles. The van der Waals surface area contributed by atoms with Crippen molar-refractivity contribution in [1.29, 1.82) is 0 Å². The molecule has 5 heteroatoms. The molecule has 0 fully saturated rings. The average molecular weight is 270 g/mol. The Labute approximate surface area is 110 Å². The van der Waals surface area contributed by atoms with E-state index in [2.05, 4.69) is 17.3 Å². The zero-order valence-electron chi connectivity index (χ0n) is 9.61. The number of nitrogens with one attached hydrogen (secondary N) is 1. The van der Waals surface area contributed by atoms with E-state index in [4.69, 9.17) is 23.2 Å². The van der Waals surface area contributed by atoms with Gasteiger partial charge in [-0.25, -0.2) is 0 Å². The number of halogens is 2. The highest BCUT2D eigenvalue weighted by Gasteiger charge is 2.09. The van der Waals surface area contributed by atoms with Crippen molar-refractivity contribution < 1.29 is 0 Å². The Morgan fingerprint density at radius 1 is 1.24 bits per heavy atom. The number of aryl methyl sites for hydroxylation is 1. The van der Waals surface area contributed by atoms with Crippen LogP contribution in [0.15, 0.2) is 30.5 Å². The van der Waals surface area contributed by atoms with E-state index >= 15 is 0 Å². The van der Waals surface area contributed by atoms with E-state index in [9.17, 15) is 0 Å². The minimum Gasteiger partial charge on any atom is -0.377 e. The molecule has 0 bridgehead atoms. The molecule has 90 valence electrons. The highest BCUT2D eigenvalue weighted by atomic mass is 35.5. The summed E-state index contributed by atoms with van der Waals surface area (Å²) >= 11 is 11.9. The lowest BCUT2D eigenvalue weighted by Gasteiger charge is -2.16. The lowest BCUT2D eigenvalue weighted by molar-refractivity contribution is 0.676. The van der Waals surface area contributed by atoms with Crippen molar-refractivity contribution in [2.75, 3.05) is 5.32 Å². The molecule has 1 unspecified atom stereocenters. The van der Waals surface area contributed by atoms with Gasteiger partial charge in [0, 0.05) is 29.0 Å². The second kappa shape index (κ2) is 4.98. The fraction of sp³-hybridized carbons (Fsp3) is 0.250. The Morgan fingerprint density at radius 2 is 1.88 bits per heavy atom. The third kappa shape index (κ3) is 2.93. The molecule has 1 N–H and O–H groups in total. The van der Waals surface area contributed by atoms with E-state index in [1.54, 1.807) is 12.3 Å². The first kappa shape index (κ1) is 12.3. The minimum absolute atomic E-state index is 0.136. The van der Waals surface area contributed by atoms with Crippen LogP contribution in [0, 0.1) is 0 Å². The van der Waals surface area contributed by atoms with Crippen molar-refractivity contribution in [3.8, 4) is 0 Å². The van der Waals surface area contributed by atoms with Gasteiger partial charge in [0.25, 0.3) is 0 Å². The summed E-state index contributed by atoms with van der Waals surface area (Å²) in [5.41, 5.74) is 2.00. The van der Waals surface area contributed by atoms with Gasteiger partial charge >= 0.3 is 0 Å². The molecular formula is C12H13Cl2N3. The Hall–Kier alpha value is -1.19. The van der Waals surface area contributed by atoms with Crippen molar-refractivity contribution in [1.82, 2.24) is 9.78 Å². The predicted molar refractivity (Wildman–Crippen MR) is 71.7 cm³/mol. The van der Waals surface area contributed by atoms with E-state index < -0.39 is 0 Å². The Balaban J connectivity index is 2.18. The SMILES string of the molecule is CC(Nc1cc(Cl)cc(Cl)c1)c1ccnn1C. The van der Waals surface area contributed by atoms with E-state index in [-0.39, 0.29) is 6.04 Å². The number of hydrogen-bond donors (Lipinski definition) is 1. The smallest absolute Gasteiger partial charge is 0.0653 e. The van der Waals surface area contributed by atoms with E-state index in [0.29, 0.717) is 10.0 Å². The zero-order valence-corrected chi connectivity index (χ0v) is 11.1. The third-order valence-corrected chi connectivity index (χ3v) is 2.98. The summed E-state index contributed by atoms with van der Waals surface area (Å²) in [4.78, 5) is 0. The summed E-state index contributed by atoms with van der Waals surface area (Å²) in [7, 11) is 1.92. The second-order valence-electron chi connectivity index (χ2n) is 3.90. The van der Waals surface area contributed by atoms with Crippen LogP contribution in [-0.2, 0) is 7.05 Å². The summed E-state index contributed by atoms with van der Waals surface area (Å²) in [6.07, 6.45) is 1.78. The molecule has 0 aliphatic heterocycles. The van der Waals surface area contributed by atoms with Gasteiger partial charge in [0.15, 0.2) is 0 Å². The first-order valence-electron chi connectivity index (χ1n) is 5.27. The fourth-order valence-corrected chi connectivity index (χ4v) is 2.30. The van der Waals surface area contributed by atoms with Gasteiger partial charge in [-0.1, -0.05) is 23.2 Å². The Morgan fingerprint density at radius 3 is 2.41 bits per heavy atom. The quantitative estimate of drug-likeness (QED) is 0.916. The molecule has 0 amide bonds. The number of benzene rings is 1. The maximum absolute atomic E-state index is 5.95. The van der Waals surface area contributed by atoms with Gasteiger partial charge in [0.2, 0.25) is 0 Å². The van der Waals surface area contributed by atoms with Crippen molar-refractivity contribution in [3.05, 3.63) is 46.2 Å². The van der Waals surface area contributed by atoms with Crippen LogP contribution in [0.25, 0.3) is 0 Å². The molecule has 0 aliphatic rings. The Bertz CT molecular complexity index is 502. The van der Waals surface area contributed by atoms with Crippen LogP contribution < -0.4 is 5.32 Å². The molecule has 0 radical (unpaired) electrons. The summed E-state index contributed by atoms with van der Waals surface area (Å²) in [6.45, 7) is 2.06. The third-order valence-electron chi connectivity index (χ3n) is 2.55. The van der Waals surface area contributed by atoms with Crippen LogP contribution in [-0.4, -0.2) is 9.78 Å². The molecule has 0 aliphatic carbocycles. The minimum atomic E-state index is 0.136. The molecule has 1 atom stereocenters. The molecule has 17 heavy (non-hydrogen) atoms. The van der Waals surface area contributed by atoms with Gasteiger partial charge in [-0.15, -0.1) is 0 Å². The molecule has 1 aromatic heterocycles. The van der Waals surface area contributed by atoms with Crippen LogP contribution in [0.5, 0.6) is 0 Å². The van der Waals surface area contributed by atoms with Crippen LogP contribution in [0.3, 0.4) is 0 Å². The first-order chi connectivity index (χ1) is 8.06. The lowest BCUT2D eigenvalue weighted by atomic mass is 10.2. The second-order valence-corrected chi connectivity index (χ2v) is 4.78. The number of anilines is 1. The largest absolute Gasteiger partial charge is 0.377 e. The topological polar surface area (TPSA) is 29.9 Å². The number of nitrogens with zero attached hydrogens (tertiary/aromatic N) is 2. The summed E-state index contributed by atoms with van der Waals surface area (Å²) in [5, 5.41) is 8.72. The van der Waals surface area contributed by atoms with Gasteiger partial charge in [-0.3, -0.25) is 4.68 Å². The van der Waals surface area contributed by atoms with Gasteiger partial charge in [-0.2, -0.15) is 5.10 Å². The van der Waals surface area contributed by atoms with Crippen molar-refractivity contribution in [2.24, 2.45) is 7.05 Å². The molecule has 1 heterocycles. The normalized spacial score (nSPS) is 12.5. The molecule has 2 rings (SSSR count). The number of hydrogen-bond acceptors (Lipinski definition) is 2. The highest BCUT2D eigenvalue weighted by molar-refractivity contribution is 6.35. The van der Waals surface area contributed by atoms with E-state index in [1.807, 2.05) is 29.9 Å². The molecule has 3 nitrogen and oxygen atoms in total. The van der Waals surface area contributed by atoms with Gasteiger partial charge in [0.05, 0.1) is 11.7 Å².